The normalized spacial score (nSPS) is 17.3. The summed E-state index contributed by atoms with van der Waals surface area (Å²) in [7, 11) is 0. The fourth-order valence-corrected chi connectivity index (χ4v) is 3.37. The van der Waals surface area contributed by atoms with E-state index < -0.39 is 5.54 Å². The van der Waals surface area contributed by atoms with E-state index in [-0.39, 0.29) is 11.5 Å². The molecule has 2 heterocycles. The van der Waals surface area contributed by atoms with Crippen molar-refractivity contribution in [2.45, 2.75) is 58.0 Å². The summed E-state index contributed by atoms with van der Waals surface area (Å²) >= 11 is 0. The van der Waals surface area contributed by atoms with Crippen molar-refractivity contribution in [3.05, 3.63) is 33.4 Å². The molecule has 3 rings (SSSR count). The molecule has 0 unspecified atom stereocenters. The van der Waals surface area contributed by atoms with Crippen LogP contribution in [0.4, 0.5) is 0 Å². The summed E-state index contributed by atoms with van der Waals surface area (Å²) in [5, 5.41) is 5.67. The van der Waals surface area contributed by atoms with Gasteiger partial charge in [-0.2, -0.15) is 0 Å². The van der Waals surface area contributed by atoms with Gasteiger partial charge in [0.2, 0.25) is 5.91 Å². The summed E-state index contributed by atoms with van der Waals surface area (Å²) < 4.78 is 1.65. The monoisotopic (exact) mass is 317 g/mol. The van der Waals surface area contributed by atoms with Gasteiger partial charge in [-0.05, 0) is 26.7 Å². The minimum Gasteiger partial charge on any atom is -0.350 e. The number of aryl methyl sites for hydroxylation is 2. The van der Waals surface area contributed by atoms with Crippen LogP contribution in [0.5, 0.6) is 0 Å². The van der Waals surface area contributed by atoms with E-state index in [4.69, 9.17) is 5.73 Å². The Morgan fingerprint density at radius 3 is 2.78 bits per heavy atom. The number of aromatic nitrogens is 3. The average molecular weight is 317 g/mol. The SMILES string of the molecule is Cc1nc2cc(=O)[nH]n2c(C)c1CNC(=O)C1(N)CCCCC1. The van der Waals surface area contributed by atoms with E-state index in [1.54, 1.807) is 4.52 Å². The number of nitrogens with two attached hydrogens (primary N) is 1. The molecule has 23 heavy (non-hydrogen) atoms. The molecule has 1 saturated carbocycles. The first-order chi connectivity index (χ1) is 10.9. The van der Waals surface area contributed by atoms with Gasteiger partial charge in [0.15, 0.2) is 5.65 Å². The molecule has 4 N–H and O–H groups in total. The van der Waals surface area contributed by atoms with Crippen LogP contribution >= 0.6 is 0 Å². The lowest BCUT2D eigenvalue weighted by Gasteiger charge is -2.32. The first kappa shape index (κ1) is 15.7. The third-order valence-corrected chi connectivity index (χ3v) is 4.83. The van der Waals surface area contributed by atoms with Crippen LogP contribution in [0.3, 0.4) is 0 Å². The zero-order valence-electron chi connectivity index (χ0n) is 13.6. The molecule has 0 bridgehead atoms. The Morgan fingerprint density at radius 2 is 2.09 bits per heavy atom. The topological polar surface area (TPSA) is 105 Å². The Kier molecular flexibility index (Phi) is 3.97. The van der Waals surface area contributed by atoms with Gasteiger partial charge in [0, 0.05) is 29.6 Å². The maximum atomic E-state index is 12.5. The number of hydrogen-bond acceptors (Lipinski definition) is 4. The van der Waals surface area contributed by atoms with Gasteiger partial charge in [0.25, 0.3) is 5.56 Å². The molecule has 0 atom stereocenters. The molecule has 7 heteroatoms. The van der Waals surface area contributed by atoms with E-state index >= 15 is 0 Å². The van der Waals surface area contributed by atoms with Crippen LogP contribution in [-0.2, 0) is 11.3 Å². The van der Waals surface area contributed by atoms with E-state index in [1.807, 2.05) is 13.8 Å². The van der Waals surface area contributed by atoms with Gasteiger partial charge < -0.3 is 11.1 Å². The summed E-state index contributed by atoms with van der Waals surface area (Å²) in [5.41, 5.74) is 8.47. The van der Waals surface area contributed by atoms with Crippen molar-refractivity contribution in [2.75, 3.05) is 0 Å². The molecule has 0 spiro atoms. The molecule has 1 amide bonds. The van der Waals surface area contributed by atoms with Crippen LogP contribution in [-0.4, -0.2) is 26.0 Å². The smallest absolute Gasteiger partial charge is 0.266 e. The molecule has 2 aromatic rings. The first-order valence-electron chi connectivity index (χ1n) is 8.06. The number of nitrogens with one attached hydrogen (secondary N) is 2. The number of rotatable bonds is 3. The first-order valence-corrected chi connectivity index (χ1v) is 8.06. The molecule has 0 aliphatic heterocycles. The lowest BCUT2D eigenvalue weighted by Crippen LogP contribution is -2.54. The fourth-order valence-electron chi connectivity index (χ4n) is 3.37. The molecule has 0 aromatic carbocycles. The second kappa shape index (κ2) is 5.81. The van der Waals surface area contributed by atoms with Crippen LogP contribution in [0, 0.1) is 13.8 Å². The van der Waals surface area contributed by atoms with Gasteiger partial charge in [0.05, 0.1) is 5.54 Å². The summed E-state index contributed by atoms with van der Waals surface area (Å²) in [6, 6.07) is 1.46. The summed E-state index contributed by atoms with van der Waals surface area (Å²) in [6.07, 6.45) is 4.62. The molecular weight excluding hydrogens is 294 g/mol. The van der Waals surface area contributed by atoms with Gasteiger partial charge in [-0.3, -0.25) is 14.7 Å². The minimum absolute atomic E-state index is 0.0999. The average Bonchev–Trinajstić information content (AvgIpc) is 2.88. The second-order valence-electron chi connectivity index (χ2n) is 6.47. The number of fused-ring (bicyclic) bond motifs is 1. The van der Waals surface area contributed by atoms with Gasteiger partial charge in [-0.15, -0.1) is 0 Å². The summed E-state index contributed by atoms with van der Waals surface area (Å²) in [4.78, 5) is 28.4. The third-order valence-electron chi connectivity index (χ3n) is 4.83. The Bertz CT molecular complexity index is 799. The maximum Gasteiger partial charge on any atom is 0.266 e. The van der Waals surface area contributed by atoms with Crippen molar-refractivity contribution >= 4 is 11.6 Å². The van der Waals surface area contributed by atoms with Crippen molar-refractivity contribution in [2.24, 2.45) is 5.73 Å². The third kappa shape index (κ3) is 2.88. The zero-order chi connectivity index (χ0) is 16.6. The lowest BCUT2D eigenvalue weighted by molar-refractivity contribution is -0.127. The molecule has 1 aliphatic rings. The minimum atomic E-state index is -0.751. The number of carbonyl (C=O) groups is 1. The van der Waals surface area contributed by atoms with Crippen LogP contribution in [0.2, 0.25) is 0 Å². The highest BCUT2D eigenvalue weighted by Gasteiger charge is 2.35. The molecule has 7 nitrogen and oxygen atoms in total. The second-order valence-corrected chi connectivity index (χ2v) is 6.47. The Labute approximate surface area is 134 Å². The maximum absolute atomic E-state index is 12.5. The van der Waals surface area contributed by atoms with Crippen molar-refractivity contribution in [1.29, 1.82) is 0 Å². The molecule has 0 radical (unpaired) electrons. The standard InChI is InChI=1S/C16H23N5O2/c1-10-12(11(2)21-13(19-10)8-14(22)20-21)9-18-15(23)16(17)6-4-3-5-7-16/h8H,3-7,9,17H2,1-2H3,(H,18,23)(H,20,22). The molecule has 124 valence electrons. The highest BCUT2D eigenvalue weighted by molar-refractivity contribution is 5.86. The predicted octanol–water partition coefficient (Wildman–Crippen LogP) is 0.917. The summed E-state index contributed by atoms with van der Waals surface area (Å²) in [5.74, 6) is -0.0999. The largest absolute Gasteiger partial charge is 0.350 e. The zero-order valence-corrected chi connectivity index (χ0v) is 13.6. The highest BCUT2D eigenvalue weighted by Crippen LogP contribution is 2.26. The van der Waals surface area contributed by atoms with Crippen molar-refractivity contribution < 1.29 is 4.79 Å². The van der Waals surface area contributed by atoms with E-state index in [2.05, 4.69) is 15.4 Å². The van der Waals surface area contributed by atoms with E-state index in [0.717, 1.165) is 49.1 Å². The quantitative estimate of drug-likeness (QED) is 0.782. The van der Waals surface area contributed by atoms with Gasteiger partial charge in [-0.25, -0.2) is 9.50 Å². The van der Waals surface area contributed by atoms with Gasteiger partial charge in [0.1, 0.15) is 0 Å². The van der Waals surface area contributed by atoms with E-state index in [0.29, 0.717) is 12.2 Å². The highest BCUT2D eigenvalue weighted by atomic mass is 16.2. The number of H-pyrrole nitrogens is 1. The number of nitrogens with zero attached hydrogens (tertiary/aromatic N) is 2. The van der Waals surface area contributed by atoms with Crippen LogP contribution in [0.25, 0.3) is 5.65 Å². The van der Waals surface area contributed by atoms with Gasteiger partial charge >= 0.3 is 0 Å². The predicted molar refractivity (Wildman–Crippen MR) is 87.1 cm³/mol. The van der Waals surface area contributed by atoms with Crippen molar-refractivity contribution in [1.82, 2.24) is 19.9 Å². The molecule has 2 aromatic heterocycles. The summed E-state index contributed by atoms with van der Waals surface area (Å²) in [6.45, 7) is 4.14. The van der Waals surface area contributed by atoms with Crippen LogP contribution in [0.1, 0.15) is 49.1 Å². The Morgan fingerprint density at radius 1 is 1.39 bits per heavy atom. The lowest BCUT2D eigenvalue weighted by atomic mass is 9.82. The molecule has 0 saturated heterocycles. The molecular formula is C16H23N5O2. The fraction of sp³-hybridized carbons (Fsp3) is 0.562. The van der Waals surface area contributed by atoms with Crippen molar-refractivity contribution in [3.63, 3.8) is 0 Å². The number of amides is 1. The number of aromatic amines is 1. The van der Waals surface area contributed by atoms with Crippen LogP contribution in [0.15, 0.2) is 10.9 Å². The Hall–Kier alpha value is -2.15. The van der Waals surface area contributed by atoms with E-state index in [9.17, 15) is 9.59 Å². The van der Waals surface area contributed by atoms with Gasteiger partial charge in [-0.1, -0.05) is 19.3 Å². The molecule has 1 fully saturated rings. The Balaban J connectivity index is 1.81. The number of carbonyl (C=O) groups excluding carboxylic acids is 1. The van der Waals surface area contributed by atoms with Crippen molar-refractivity contribution in [3.8, 4) is 0 Å². The number of hydrogen-bond donors (Lipinski definition) is 3. The van der Waals surface area contributed by atoms with E-state index in [1.165, 1.54) is 6.07 Å². The van der Waals surface area contributed by atoms with Crippen LogP contribution < -0.4 is 16.6 Å². The molecule has 1 aliphatic carbocycles.